The van der Waals surface area contributed by atoms with E-state index >= 15 is 0 Å². The van der Waals surface area contributed by atoms with Gasteiger partial charge in [-0.15, -0.1) is 11.3 Å². The van der Waals surface area contributed by atoms with Crippen molar-refractivity contribution >= 4 is 23.2 Å². The number of amides is 1. The van der Waals surface area contributed by atoms with Gasteiger partial charge < -0.3 is 14.5 Å². The molecule has 2 aromatic heterocycles. The average Bonchev–Trinajstić information content (AvgIpc) is 3.33. The maximum absolute atomic E-state index is 12.9. The minimum Gasteiger partial charge on any atom is -0.438 e. The third kappa shape index (κ3) is 4.63. The summed E-state index contributed by atoms with van der Waals surface area (Å²) < 4.78 is 6.25. The van der Waals surface area contributed by atoms with Gasteiger partial charge in [-0.2, -0.15) is 4.98 Å². The zero-order valence-electron chi connectivity index (χ0n) is 18.4. The molecule has 1 saturated heterocycles. The average molecular weight is 449 g/mol. The maximum Gasteiger partial charge on any atom is 0.229 e. The number of benzene rings is 1. The number of carbonyl (C=O) groups is 1. The number of para-hydroxylation sites is 1. The van der Waals surface area contributed by atoms with Crippen molar-refractivity contribution in [2.45, 2.75) is 39.2 Å². The van der Waals surface area contributed by atoms with Crippen LogP contribution in [-0.2, 0) is 24.2 Å². The van der Waals surface area contributed by atoms with Crippen molar-refractivity contribution < 1.29 is 9.53 Å². The summed E-state index contributed by atoms with van der Waals surface area (Å²) >= 11 is 1.62. The zero-order chi connectivity index (χ0) is 21.9. The Hall–Kier alpha value is -2.93. The lowest BCUT2D eigenvalue weighted by Crippen LogP contribution is -2.38. The van der Waals surface area contributed by atoms with Crippen LogP contribution in [0.2, 0.25) is 0 Å². The molecule has 5 rings (SSSR count). The first-order valence-electron chi connectivity index (χ1n) is 11.3. The number of anilines is 1. The van der Waals surface area contributed by atoms with E-state index in [4.69, 9.17) is 14.7 Å². The SMILES string of the molecule is CC1CCN(c2nc3c(c(Oc4ccccc4)n2)CN(C(=O)Cc2cccs2)CC3)CC1. The Bertz CT molecular complexity index is 1060. The number of rotatable bonds is 5. The van der Waals surface area contributed by atoms with Gasteiger partial charge in [0, 0.05) is 30.9 Å². The van der Waals surface area contributed by atoms with Crippen molar-refractivity contribution in [2.75, 3.05) is 24.5 Å². The number of nitrogens with zero attached hydrogens (tertiary/aromatic N) is 4. The fourth-order valence-electron chi connectivity index (χ4n) is 4.29. The van der Waals surface area contributed by atoms with Gasteiger partial charge in [0.1, 0.15) is 5.75 Å². The molecule has 166 valence electrons. The molecule has 3 aromatic rings. The highest BCUT2D eigenvalue weighted by Gasteiger charge is 2.28. The monoisotopic (exact) mass is 448 g/mol. The molecule has 1 fully saturated rings. The van der Waals surface area contributed by atoms with E-state index in [0.29, 0.717) is 25.4 Å². The van der Waals surface area contributed by atoms with Crippen LogP contribution >= 0.6 is 11.3 Å². The fraction of sp³-hybridized carbons (Fsp3) is 0.400. The molecule has 0 N–H and O–H groups in total. The van der Waals surface area contributed by atoms with E-state index in [1.807, 2.05) is 52.7 Å². The van der Waals surface area contributed by atoms with Crippen molar-refractivity contribution in [3.63, 3.8) is 0 Å². The Labute approximate surface area is 192 Å². The van der Waals surface area contributed by atoms with Crippen molar-refractivity contribution in [3.05, 3.63) is 64.0 Å². The van der Waals surface area contributed by atoms with Crippen LogP contribution in [0.4, 0.5) is 5.95 Å². The lowest BCUT2D eigenvalue weighted by molar-refractivity contribution is -0.131. The van der Waals surface area contributed by atoms with Gasteiger partial charge >= 0.3 is 0 Å². The molecule has 0 unspecified atom stereocenters. The van der Waals surface area contributed by atoms with Crippen molar-refractivity contribution in [1.82, 2.24) is 14.9 Å². The second-order valence-electron chi connectivity index (χ2n) is 8.66. The maximum atomic E-state index is 12.9. The number of hydrogen-bond donors (Lipinski definition) is 0. The topological polar surface area (TPSA) is 58.6 Å². The normalized spacial score (nSPS) is 16.7. The van der Waals surface area contributed by atoms with Gasteiger partial charge in [0.2, 0.25) is 17.7 Å². The number of aromatic nitrogens is 2. The predicted molar refractivity (Wildman–Crippen MR) is 126 cm³/mol. The Balaban J connectivity index is 1.43. The largest absolute Gasteiger partial charge is 0.438 e. The summed E-state index contributed by atoms with van der Waals surface area (Å²) in [6.07, 6.45) is 3.46. The lowest BCUT2D eigenvalue weighted by atomic mass is 9.99. The Morgan fingerprint density at radius 1 is 1.09 bits per heavy atom. The molecule has 32 heavy (non-hydrogen) atoms. The third-order valence-electron chi connectivity index (χ3n) is 6.29. The summed E-state index contributed by atoms with van der Waals surface area (Å²) in [7, 11) is 0. The summed E-state index contributed by atoms with van der Waals surface area (Å²) in [5.74, 6) is 2.95. The van der Waals surface area contributed by atoms with Crippen LogP contribution in [0.15, 0.2) is 47.8 Å². The zero-order valence-corrected chi connectivity index (χ0v) is 19.2. The molecular formula is C25H28N4O2S. The van der Waals surface area contributed by atoms with Crippen molar-refractivity contribution in [1.29, 1.82) is 0 Å². The number of carbonyl (C=O) groups excluding carboxylic acids is 1. The Morgan fingerprint density at radius 2 is 1.91 bits per heavy atom. The van der Waals surface area contributed by atoms with E-state index in [-0.39, 0.29) is 5.91 Å². The minimum atomic E-state index is 0.137. The van der Waals surface area contributed by atoms with Gasteiger partial charge in [0.25, 0.3) is 0 Å². The van der Waals surface area contributed by atoms with Gasteiger partial charge in [-0.3, -0.25) is 4.79 Å². The number of thiophene rings is 1. The Morgan fingerprint density at radius 3 is 2.66 bits per heavy atom. The van der Waals surface area contributed by atoms with Crippen molar-refractivity contribution in [2.24, 2.45) is 5.92 Å². The second-order valence-corrected chi connectivity index (χ2v) is 9.69. The van der Waals surface area contributed by atoms with E-state index in [1.54, 1.807) is 11.3 Å². The summed E-state index contributed by atoms with van der Waals surface area (Å²) in [5.41, 5.74) is 1.92. The molecule has 4 heterocycles. The van der Waals surface area contributed by atoms with E-state index in [1.165, 1.54) is 0 Å². The summed E-state index contributed by atoms with van der Waals surface area (Å²) in [4.78, 5) is 28.0. The number of fused-ring (bicyclic) bond motifs is 1. The second kappa shape index (κ2) is 9.28. The van der Waals surface area contributed by atoms with Gasteiger partial charge in [-0.1, -0.05) is 31.2 Å². The van der Waals surface area contributed by atoms with Crippen LogP contribution in [0, 0.1) is 5.92 Å². The molecule has 2 aliphatic rings. The molecule has 0 bridgehead atoms. The molecule has 0 atom stereocenters. The van der Waals surface area contributed by atoms with Gasteiger partial charge in [0.05, 0.1) is 24.2 Å². The highest BCUT2D eigenvalue weighted by Crippen LogP contribution is 2.32. The van der Waals surface area contributed by atoms with Gasteiger partial charge in [-0.05, 0) is 42.3 Å². The molecule has 2 aliphatic heterocycles. The minimum absolute atomic E-state index is 0.137. The number of ether oxygens (including phenoxy) is 1. The van der Waals surface area contributed by atoms with Crippen LogP contribution in [0.3, 0.4) is 0 Å². The molecular weight excluding hydrogens is 420 g/mol. The van der Waals surface area contributed by atoms with Crippen LogP contribution in [-0.4, -0.2) is 40.4 Å². The first kappa shape index (κ1) is 20.9. The first-order valence-corrected chi connectivity index (χ1v) is 12.2. The summed E-state index contributed by atoms with van der Waals surface area (Å²) in [6, 6.07) is 13.7. The van der Waals surface area contributed by atoms with Crippen LogP contribution in [0.1, 0.15) is 35.9 Å². The highest BCUT2D eigenvalue weighted by molar-refractivity contribution is 7.10. The van der Waals surface area contributed by atoms with Crippen LogP contribution in [0.25, 0.3) is 0 Å². The number of piperidine rings is 1. The molecule has 1 amide bonds. The van der Waals surface area contributed by atoms with Gasteiger partial charge in [-0.25, -0.2) is 4.98 Å². The molecule has 1 aromatic carbocycles. The molecule has 7 heteroatoms. The van der Waals surface area contributed by atoms with E-state index in [9.17, 15) is 4.79 Å². The molecule has 6 nitrogen and oxygen atoms in total. The predicted octanol–water partition coefficient (Wildman–Crippen LogP) is 4.69. The molecule has 0 radical (unpaired) electrons. The smallest absolute Gasteiger partial charge is 0.229 e. The molecule has 0 aliphatic carbocycles. The van der Waals surface area contributed by atoms with Crippen LogP contribution < -0.4 is 9.64 Å². The highest BCUT2D eigenvalue weighted by atomic mass is 32.1. The lowest BCUT2D eigenvalue weighted by Gasteiger charge is -2.33. The Kier molecular flexibility index (Phi) is 6.08. The third-order valence-corrected chi connectivity index (χ3v) is 7.17. The number of hydrogen-bond acceptors (Lipinski definition) is 6. The van der Waals surface area contributed by atoms with Crippen molar-refractivity contribution in [3.8, 4) is 11.6 Å². The quantitative estimate of drug-likeness (QED) is 0.567. The van der Waals surface area contributed by atoms with E-state index in [0.717, 1.165) is 66.1 Å². The fourth-order valence-corrected chi connectivity index (χ4v) is 4.99. The molecule has 0 spiro atoms. The standard InChI is InChI=1S/C25H28N4O2S/c1-18-9-12-28(13-10-18)25-26-22-11-14-29(23(30)16-20-8-5-15-32-20)17-21(22)24(27-25)31-19-6-3-2-4-7-19/h2-8,15,18H,9-14,16-17H2,1H3. The molecule has 0 saturated carbocycles. The van der Waals surface area contributed by atoms with Gasteiger partial charge in [0.15, 0.2) is 0 Å². The summed E-state index contributed by atoms with van der Waals surface area (Å²) in [6.45, 7) is 5.40. The summed E-state index contributed by atoms with van der Waals surface area (Å²) in [5, 5.41) is 2.01. The van der Waals surface area contributed by atoms with Crippen LogP contribution in [0.5, 0.6) is 11.6 Å². The van der Waals surface area contributed by atoms with E-state index < -0.39 is 0 Å². The van der Waals surface area contributed by atoms with E-state index in [2.05, 4.69) is 11.8 Å². The first-order chi connectivity index (χ1) is 15.7.